The van der Waals surface area contributed by atoms with Crippen molar-refractivity contribution >= 4 is 102 Å². The molecule has 1 heterocycles. The number of aliphatic carboxylic acids is 2. The van der Waals surface area contributed by atoms with Gasteiger partial charge in [-0.3, -0.25) is 57.5 Å². The molecule has 19 N–H and O–H groups in total. The first-order valence-electron chi connectivity index (χ1n) is 28.3. The molecule has 32 nitrogen and oxygen atoms in total. The predicted molar refractivity (Wildman–Crippen MR) is 318 cm³/mol. The number of rotatable bonds is 37. The van der Waals surface area contributed by atoms with Crippen LogP contribution in [0.2, 0.25) is 0 Å². The third-order valence-corrected chi connectivity index (χ3v) is 14.4. The number of hydrogen-bond acceptors (Lipinski definition) is 21. The Morgan fingerprint density at radius 3 is 1.48 bits per heavy atom. The lowest BCUT2D eigenvalue weighted by molar-refractivity contribution is -0.143. The molecule has 88 heavy (non-hydrogen) atoms. The van der Waals surface area contributed by atoms with Crippen molar-refractivity contribution in [2.24, 2.45) is 17.6 Å². The van der Waals surface area contributed by atoms with Gasteiger partial charge in [0.1, 0.15) is 78.3 Å². The molecule has 1 saturated heterocycles. The second kappa shape index (κ2) is 37.5. The highest BCUT2D eigenvalue weighted by Crippen LogP contribution is 2.20. The molecule has 0 bridgehead atoms. The largest absolute Gasteiger partial charge is 0.508 e. The van der Waals surface area contributed by atoms with Crippen molar-refractivity contribution < 1.29 is 98.1 Å². The van der Waals surface area contributed by atoms with Crippen molar-refractivity contribution in [1.82, 2.24) is 58.1 Å². The van der Waals surface area contributed by atoms with Gasteiger partial charge in [0.15, 0.2) is 0 Å². The highest BCUT2D eigenvalue weighted by atomic mass is 32.1. The average molecular weight is 1290 g/mol. The van der Waals surface area contributed by atoms with Crippen molar-refractivity contribution in [3.05, 3.63) is 29.8 Å². The first-order valence-corrected chi connectivity index (χ1v) is 29.6. The Hall–Kier alpha value is -7.37. The molecule has 494 valence electrons. The second-order valence-corrected chi connectivity index (χ2v) is 22.8. The SMILES string of the molecule is CC(C)C[C@H](NC(=O)[C@H](CCC(=O)O)NC(=O)[C@@H](NC(=O)[C@@H](NC(=O)[C@H](CS)NC(=O)[C@H](C)NC(=O)[C@H](CO)NC(=O)[C@H](CC(C)C)NC(=O)[C@H](CS)NC(=O)[C@H](Cc1ccc(O)cc1)NC(=O)[C@@H]1CCCN1C(=O)[C@@H](N)CO)[C@@H](C)O)[C@@H](C)O)C(=O)O. The van der Waals surface area contributed by atoms with Crippen molar-refractivity contribution in [3.8, 4) is 5.75 Å². The van der Waals surface area contributed by atoms with Gasteiger partial charge in [-0.2, -0.15) is 25.3 Å². The first-order chi connectivity index (χ1) is 41.2. The number of aromatic hydroxyl groups is 1. The highest BCUT2D eigenvalue weighted by molar-refractivity contribution is 7.80. The lowest BCUT2D eigenvalue weighted by Crippen LogP contribution is -2.63. The van der Waals surface area contributed by atoms with Gasteiger partial charge in [0, 0.05) is 30.9 Å². The Balaban J connectivity index is 2.20. The Morgan fingerprint density at radius 1 is 0.545 bits per heavy atom. The summed E-state index contributed by atoms with van der Waals surface area (Å²) in [6, 6.07) is -12.8. The van der Waals surface area contributed by atoms with Gasteiger partial charge >= 0.3 is 11.9 Å². The van der Waals surface area contributed by atoms with E-state index >= 15 is 0 Å². The van der Waals surface area contributed by atoms with Crippen LogP contribution in [-0.4, -0.2) is 234 Å². The Kier molecular flexibility index (Phi) is 32.7. The summed E-state index contributed by atoms with van der Waals surface area (Å²) in [7, 11) is 0. The summed E-state index contributed by atoms with van der Waals surface area (Å²) < 4.78 is 0. The van der Waals surface area contributed by atoms with E-state index in [1.54, 1.807) is 27.7 Å². The number of carboxylic acids is 2. The van der Waals surface area contributed by atoms with Crippen molar-refractivity contribution in [3.63, 3.8) is 0 Å². The van der Waals surface area contributed by atoms with E-state index in [4.69, 9.17) is 5.73 Å². The van der Waals surface area contributed by atoms with Crippen LogP contribution in [0, 0.1) is 11.8 Å². The number of phenols is 1. The second-order valence-electron chi connectivity index (χ2n) is 22.0. The van der Waals surface area contributed by atoms with Crippen LogP contribution in [0.5, 0.6) is 5.75 Å². The topological polar surface area (TPSA) is 513 Å². The molecule has 0 aliphatic carbocycles. The first kappa shape index (κ1) is 76.7. The number of likely N-dealkylation sites (tertiary alicyclic amines) is 1. The summed E-state index contributed by atoms with van der Waals surface area (Å²) in [5, 5.41) is 92.9. The number of aliphatic hydroxyl groups excluding tert-OH is 4. The van der Waals surface area contributed by atoms with E-state index in [1.165, 1.54) is 29.2 Å². The molecular weight excluding hydrogens is 1200 g/mol. The molecule has 1 aromatic rings. The van der Waals surface area contributed by atoms with E-state index in [-0.39, 0.29) is 55.6 Å². The predicted octanol–water partition coefficient (Wildman–Crippen LogP) is -6.23. The fraction of sp³-hybridized carbons (Fsp3) is 0.648. The zero-order valence-electron chi connectivity index (χ0n) is 49.9. The number of nitrogens with one attached hydrogen (secondary N) is 10. The number of hydrogen-bond donors (Lipinski definition) is 20. The number of nitrogens with two attached hydrogens (primary N) is 1. The van der Waals surface area contributed by atoms with Gasteiger partial charge in [-0.1, -0.05) is 39.8 Å². The van der Waals surface area contributed by atoms with Crippen LogP contribution in [0.3, 0.4) is 0 Å². The van der Waals surface area contributed by atoms with Gasteiger partial charge in [0.05, 0.1) is 25.4 Å². The molecule has 1 fully saturated rings. The molecule has 1 aliphatic rings. The minimum atomic E-state index is -1.93. The molecule has 0 unspecified atom stereocenters. The van der Waals surface area contributed by atoms with E-state index in [9.17, 15) is 98.1 Å². The Morgan fingerprint density at radius 2 is 0.977 bits per heavy atom. The summed E-state index contributed by atoms with van der Waals surface area (Å²) in [6.45, 7) is 8.48. The van der Waals surface area contributed by atoms with E-state index < -0.39 is 193 Å². The number of phenolic OH excluding ortho intramolecular Hbond substituents is 1. The standard InChI is InChI=1S/C54H86N12O20S2/c1-24(2)17-33(58-48(79)37(22-87)63-46(77)34(19-29-10-12-30(71)13-11-29)59-50(81)39-9-8-16-66(39)53(84)31(55)20-67)45(76)61-36(21-68)47(78)56-26(5)43(74)62-38(23-88)49(80)64-42(28(7)70)52(83)65-41(27(6)69)51(82)57-32(14-15-40(72)73)44(75)60-35(54(85)86)18-25(3)4/h10-13,24-28,31-39,41-42,67-71,87-88H,8-9,14-23,55H2,1-7H3,(H,56,78)(H,57,82)(H,58,79)(H,59,81)(H,60,75)(H,61,76)(H,62,74)(H,63,77)(H,64,80)(H,65,83)(H,72,73)(H,85,86)/t26-,27+,28+,31-,32-,33-,34-,35-,36-,37-,38-,39-,41-,42-/m0/s1. The monoisotopic (exact) mass is 1290 g/mol. The molecule has 34 heteroatoms. The number of thiol groups is 2. The van der Waals surface area contributed by atoms with E-state index in [0.29, 0.717) is 12.0 Å². The quantitative estimate of drug-likeness (QED) is 0.0276. The summed E-state index contributed by atoms with van der Waals surface area (Å²) in [5.41, 5.74) is 6.22. The highest BCUT2D eigenvalue weighted by Gasteiger charge is 2.40. The number of benzene rings is 1. The van der Waals surface area contributed by atoms with Gasteiger partial charge in [0.2, 0.25) is 65.0 Å². The fourth-order valence-corrected chi connectivity index (χ4v) is 9.30. The van der Waals surface area contributed by atoms with Crippen molar-refractivity contribution in [1.29, 1.82) is 0 Å². The number of nitrogens with zero attached hydrogens (tertiary/aromatic N) is 1. The number of amides is 11. The molecule has 0 spiro atoms. The minimum absolute atomic E-state index is 0.0308. The number of carbonyl (C=O) groups is 13. The van der Waals surface area contributed by atoms with E-state index in [0.717, 1.165) is 20.8 Å². The lowest BCUT2D eigenvalue weighted by Gasteiger charge is -2.29. The minimum Gasteiger partial charge on any atom is -0.508 e. The van der Waals surface area contributed by atoms with Crippen LogP contribution in [0.4, 0.5) is 0 Å². The molecule has 0 saturated carbocycles. The summed E-state index contributed by atoms with van der Waals surface area (Å²) in [4.78, 5) is 173. The fourth-order valence-electron chi connectivity index (χ4n) is 8.79. The van der Waals surface area contributed by atoms with Gasteiger partial charge in [-0.15, -0.1) is 0 Å². The third kappa shape index (κ3) is 25.0. The molecule has 1 aliphatic heterocycles. The summed E-state index contributed by atoms with van der Waals surface area (Å²) in [6.07, 6.45) is -4.33. The van der Waals surface area contributed by atoms with E-state index in [2.05, 4.69) is 78.4 Å². The van der Waals surface area contributed by atoms with Crippen LogP contribution < -0.4 is 58.9 Å². The van der Waals surface area contributed by atoms with Crippen LogP contribution >= 0.6 is 25.3 Å². The number of aliphatic hydroxyl groups is 4. The molecule has 11 amide bonds. The molecule has 14 atom stereocenters. The maximum atomic E-state index is 14.0. The molecule has 2 rings (SSSR count). The van der Waals surface area contributed by atoms with Crippen LogP contribution in [-0.2, 0) is 68.7 Å². The molecule has 0 radical (unpaired) electrons. The van der Waals surface area contributed by atoms with Gasteiger partial charge in [-0.05, 0) is 82.4 Å². The van der Waals surface area contributed by atoms with Gasteiger partial charge in [0.25, 0.3) is 0 Å². The Bertz CT molecular complexity index is 2600. The van der Waals surface area contributed by atoms with Crippen molar-refractivity contribution in [2.75, 3.05) is 31.3 Å². The van der Waals surface area contributed by atoms with Crippen molar-refractivity contribution in [2.45, 2.75) is 178 Å². The molecular formula is C54H86N12O20S2. The van der Waals surface area contributed by atoms with Crippen LogP contribution in [0.25, 0.3) is 0 Å². The van der Waals surface area contributed by atoms with E-state index in [1.807, 2.05) is 0 Å². The average Bonchev–Trinajstić information content (AvgIpc) is 3.61. The lowest BCUT2D eigenvalue weighted by atomic mass is 10.0. The van der Waals surface area contributed by atoms with Gasteiger partial charge in [-0.25, -0.2) is 4.79 Å². The normalized spacial score (nSPS) is 17.5. The smallest absolute Gasteiger partial charge is 0.326 e. The molecule has 0 aromatic heterocycles. The Labute approximate surface area is 519 Å². The maximum Gasteiger partial charge on any atom is 0.326 e. The van der Waals surface area contributed by atoms with Gasteiger partial charge < -0.3 is 99.5 Å². The molecule has 1 aromatic carbocycles. The summed E-state index contributed by atoms with van der Waals surface area (Å²) >= 11 is 8.34. The number of carboxylic acid groups (broad SMARTS) is 2. The maximum absolute atomic E-state index is 14.0. The summed E-state index contributed by atoms with van der Waals surface area (Å²) in [5.74, 6) is -15.4. The van der Waals surface area contributed by atoms with Crippen LogP contribution in [0.15, 0.2) is 24.3 Å². The zero-order valence-corrected chi connectivity index (χ0v) is 51.7. The number of carbonyl (C=O) groups excluding carboxylic acids is 11. The third-order valence-electron chi connectivity index (χ3n) is 13.6. The zero-order chi connectivity index (χ0) is 66.9. The van der Waals surface area contributed by atoms with Crippen LogP contribution in [0.1, 0.15) is 92.6 Å².